The third-order valence-corrected chi connectivity index (χ3v) is 5.06. The van der Waals surface area contributed by atoms with Gasteiger partial charge in [-0.1, -0.05) is 44.0 Å². The topological polar surface area (TPSA) is 24.5 Å². The molecule has 0 aromatic heterocycles. The normalized spacial score (nSPS) is 15.9. The SMILES string of the molecule is Cl.Cl.FC(F)(F)Oc1ccc([C@H](c2cc(Br)cc(Br)c2)N2CCNCC2)cc1. The van der Waals surface area contributed by atoms with Gasteiger partial charge in [-0.2, -0.15) is 0 Å². The first-order chi connectivity index (χ1) is 12.3. The monoisotopic (exact) mass is 564 g/mol. The maximum Gasteiger partial charge on any atom is 0.573 e. The van der Waals surface area contributed by atoms with Crippen molar-refractivity contribution in [3.8, 4) is 5.75 Å². The lowest BCUT2D eigenvalue weighted by atomic mass is 9.96. The van der Waals surface area contributed by atoms with Gasteiger partial charge in [-0.25, -0.2) is 0 Å². The van der Waals surface area contributed by atoms with Gasteiger partial charge in [-0.15, -0.1) is 38.0 Å². The number of alkyl halides is 3. The van der Waals surface area contributed by atoms with E-state index in [1.165, 1.54) is 12.1 Å². The predicted octanol–water partition coefficient (Wildman–Crippen LogP) is 5.95. The molecule has 28 heavy (non-hydrogen) atoms. The van der Waals surface area contributed by atoms with Gasteiger partial charge in [-0.3, -0.25) is 4.90 Å². The van der Waals surface area contributed by atoms with Gasteiger partial charge < -0.3 is 10.1 Å². The van der Waals surface area contributed by atoms with E-state index >= 15 is 0 Å². The van der Waals surface area contributed by atoms with E-state index in [0.29, 0.717) is 0 Å². The molecule has 1 aliphatic rings. The summed E-state index contributed by atoms with van der Waals surface area (Å²) in [7, 11) is 0. The first-order valence-electron chi connectivity index (χ1n) is 8.08. The Labute approximate surface area is 191 Å². The highest BCUT2D eigenvalue weighted by atomic mass is 79.9. The number of hydrogen-bond donors (Lipinski definition) is 1. The van der Waals surface area contributed by atoms with Crippen molar-refractivity contribution in [1.29, 1.82) is 0 Å². The highest BCUT2D eigenvalue weighted by Gasteiger charge is 2.31. The van der Waals surface area contributed by atoms with E-state index in [9.17, 15) is 13.2 Å². The van der Waals surface area contributed by atoms with Crippen LogP contribution in [0.2, 0.25) is 0 Å². The molecule has 0 saturated carbocycles. The Bertz CT molecular complexity index is 737. The molecule has 1 saturated heterocycles. The van der Waals surface area contributed by atoms with Crippen LogP contribution in [0.15, 0.2) is 51.4 Å². The fourth-order valence-corrected chi connectivity index (χ4v) is 4.47. The van der Waals surface area contributed by atoms with Crippen LogP contribution in [-0.4, -0.2) is 37.4 Å². The van der Waals surface area contributed by atoms with Crippen LogP contribution in [0, 0.1) is 0 Å². The number of nitrogens with zero attached hydrogens (tertiary/aromatic N) is 1. The minimum absolute atomic E-state index is 0. The minimum atomic E-state index is -4.69. The molecule has 1 aliphatic heterocycles. The number of nitrogens with one attached hydrogen (secondary N) is 1. The maximum atomic E-state index is 12.4. The van der Waals surface area contributed by atoms with Crippen LogP contribution >= 0.6 is 56.7 Å². The van der Waals surface area contributed by atoms with Gasteiger partial charge in [0.05, 0.1) is 6.04 Å². The van der Waals surface area contributed by atoms with Crippen molar-refractivity contribution in [2.75, 3.05) is 26.2 Å². The third kappa shape index (κ3) is 7.07. The summed E-state index contributed by atoms with van der Waals surface area (Å²) in [4.78, 5) is 2.32. The molecular formula is C18H19Br2Cl2F3N2O. The molecule has 1 N–H and O–H groups in total. The summed E-state index contributed by atoms with van der Waals surface area (Å²) < 4.78 is 43.1. The van der Waals surface area contributed by atoms with E-state index in [0.717, 1.165) is 46.3 Å². The van der Waals surface area contributed by atoms with Crippen molar-refractivity contribution in [2.24, 2.45) is 0 Å². The second-order valence-electron chi connectivity index (χ2n) is 6.01. The molecule has 0 bridgehead atoms. The van der Waals surface area contributed by atoms with Crippen LogP contribution in [0.3, 0.4) is 0 Å². The summed E-state index contributed by atoms with van der Waals surface area (Å²) in [6, 6.07) is 12.1. The van der Waals surface area contributed by atoms with Crippen LogP contribution in [0.25, 0.3) is 0 Å². The number of piperazine rings is 1. The van der Waals surface area contributed by atoms with Crippen molar-refractivity contribution < 1.29 is 17.9 Å². The number of benzene rings is 2. The van der Waals surface area contributed by atoms with Gasteiger partial charge in [0.1, 0.15) is 5.75 Å². The Balaban J connectivity index is 0.00000196. The Morgan fingerprint density at radius 1 is 0.893 bits per heavy atom. The quantitative estimate of drug-likeness (QED) is 0.495. The van der Waals surface area contributed by atoms with Crippen molar-refractivity contribution >= 4 is 56.7 Å². The van der Waals surface area contributed by atoms with Gasteiger partial charge in [0.15, 0.2) is 0 Å². The summed E-state index contributed by atoms with van der Waals surface area (Å²) in [5.74, 6) is -0.212. The van der Waals surface area contributed by atoms with Crippen molar-refractivity contribution in [3.63, 3.8) is 0 Å². The van der Waals surface area contributed by atoms with Crippen LogP contribution in [0.4, 0.5) is 13.2 Å². The molecule has 0 amide bonds. The summed E-state index contributed by atoms with van der Waals surface area (Å²) in [6.45, 7) is 3.47. The number of hydrogen-bond acceptors (Lipinski definition) is 3. The molecule has 1 heterocycles. The summed E-state index contributed by atoms with van der Waals surface area (Å²) >= 11 is 7.03. The fourth-order valence-electron chi connectivity index (χ4n) is 3.14. The van der Waals surface area contributed by atoms with E-state index in [-0.39, 0.29) is 36.6 Å². The van der Waals surface area contributed by atoms with E-state index in [2.05, 4.69) is 46.8 Å². The zero-order chi connectivity index (χ0) is 18.7. The minimum Gasteiger partial charge on any atom is -0.406 e. The molecular weight excluding hydrogens is 548 g/mol. The summed E-state index contributed by atoms with van der Waals surface area (Å²) in [6.07, 6.45) is -4.69. The van der Waals surface area contributed by atoms with Crippen LogP contribution in [-0.2, 0) is 0 Å². The molecule has 0 radical (unpaired) electrons. The predicted molar refractivity (Wildman–Crippen MR) is 116 cm³/mol. The van der Waals surface area contributed by atoms with Crippen LogP contribution in [0.1, 0.15) is 17.2 Å². The molecule has 1 fully saturated rings. The lowest BCUT2D eigenvalue weighted by Crippen LogP contribution is -2.45. The molecule has 0 unspecified atom stereocenters. The summed E-state index contributed by atoms with van der Waals surface area (Å²) in [5.41, 5.74) is 1.99. The lowest BCUT2D eigenvalue weighted by Gasteiger charge is -2.35. The Morgan fingerprint density at radius 3 is 1.93 bits per heavy atom. The van der Waals surface area contributed by atoms with Crippen molar-refractivity contribution in [3.05, 3.63) is 62.5 Å². The molecule has 0 aliphatic carbocycles. The average molecular weight is 567 g/mol. The second kappa shape index (κ2) is 11.0. The largest absolute Gasteiger partial charge is 0.573 e. The highest BCUT2D eigenvalue weighted by molar-refractivity contribution is 9.11. The molecule has 2 aromatic carbocycles. The van der Waals surface area contributed by atoms with E-state index < -0.39 is 6.36 Å². The van der Waals surface area contributed by atoms with Crippen molar-refractivity contribution in [2.45, 2.75) is 12.4 Å². The molecule has 3 nitrogen and oxygen atoms in total. The van der Waals surface area contributed by atoms with E-state index in [1.54, 1.807) is 12.1 Å². The zero-order valence-corrected chi connectivity index (χ0v) is 19.3. The van der Waals surface area contributed by atoms with Gasteiger partial charge in [0.25, 0.3) is 0 Å². The fraction of sp³-hybridized carbons (Fsp3) is 0.333. The first kappa shape index (κ1) is 25.5. The zero-order valence-electron chi connectivity index (χ0n) is 14.5. The number of halogens is 7. The standard InChI is InChI=1S/C18H17Br2F3N2O.2ClH/c19-14-9-13(10-15(20)11-14)17(25-7-5-24-6-8-25)12-1-3-16(4-2-12)26-18(21,22)23;;/h1-4,9-11,17,24H,5-8H2;2*1H/t17-;;/m1../s1. The van der Waals surface area contributed by atoms with Crippen LogP contribution in [0.5, 0.6) is 5.75 Å². The molecule has 3 rings (SSSR count). The Hall–Kier alpha value is -0.510. The third-order valence-electron chi connectivity index (χ3n) is 4.15. The molecule has 1 atom stereocenters. The first-order valence-corrected chi connectivity index (χ1v) is 9.67. The van der Waals surface area contributed by atoms with Crippen molar-refractivity contribution in [1.82, 2.24) is 10.2 Å². The smallest absolute Gasteiger partial charge is 0.406 e. The van der Waals surface area contributed by atoms with Gasteiger partial charge in [0.2, 0.25) is 0 Å². The molecule has 0 spiro atoms. The molecule has 10 heteroatoms. The molecule has 156 valence electrons. The Kier molecular flexibility index (Phi) is 10.1. The van der Waals surface area contributed by atoms with Gasteiger partial charge in [0, 0.05) is 35.1 Å². The maximum absolute atomic E-state index is 12.4. The molecule has 2 aromatic rings. The summed E-state index contributed by atoms with van der Waals surface area (Å²) in [5, 5.41) is 3.32. The van der Waals surface area contributed by atoms with Gasteiger partial charge >= 0.3 is 6.36 Å². The van der Waals surface area contributed by atoms with Gasteiger partial charge in [-0.05, 0) is 41.5 Å². The lowest BCUT2D eigenvalue weighted by molar-refractivity contribution is -0.274. The van der Waals surface area contributed by atoms with Crippen LogP contribution < -0.4 is 10.1 Å². The Morgan fingerprint density at radius 2 is 1.43 bits per heavy atom. The number of ether oxygens (including phenoxy) is 1. The average Bonchev–Trinajstić information content (AvgIpc) is 2.55. The van der Waals surface area contributed by atoms with E-state index in [4.69, 9.17) is 0 Å². The second-order valence-corrected chi connectivity index (χ2v) is 7.84. The highest BCUT2D eigenvalue weighted by Crippen LogP contribution is 2.34. The number of rotatable bonds is 4. The van der Waals surface area contributed by atoms with E-state index in [1.807, 2.05) is 18.2 Å².